The Hall–Kier alpha value is -2.23. The molecule has 154 valence electrons. The van der Waals surface area contributed by atoms with Crippen LogP contribution in [0.3, 0.4) is 0 Å². The lowest BCUT2D eigenvalue weighted by Crippen LogP contribution is -2.55. The molecule has 3 N–H and O–H groups in total. The van der Waals surface area contributed by atoms with Crippen LogP contribution in [0.2, 0.25) is 0 Å². The van der Waals surface area contributed by atoms with E-state index in [0.29, 0.717) is 24.3 Å². The molecule has 1 spiro atoms. The fourth-order valence-corrected chi connectivity index (χ4v) is 5.80. The first-order valence-electron chi connectivity index (χ1n) is 9.19. The lowest BCUT2D eigenvalue weighted by molar-refractivity contribution is -0.138. The average Bonchev–Trinajstić information content (AvgIpc) is 3.08. The van der Waals surface area contributed by atoms with Gasteiger partial charge in [-0.25, -0.2) is 18.6 Å². The number of benzene rings is 2. The number of hydrogen-bond acceptors (Lipinski definition) is 5. The van der Waals surface area contributed by atoms with Gasteiger partial charge in [-0.1, -0.05) is 0 Å². The summed E-state index contributed by atoms with van der Waals surface area (Å²) in [5.41, 5.74) is 9.35. The van der Waals surface area contributed by atoms with Gasteiger partial charge < -0.3 is 10.5 Å². The highest BCUT2D eigenvalue weighted by atomic mass is 32.2. The van der Waals surface area contributed by atoms with Crippen LogP contribution < -0.4 is 15.9 Å². The number of nitrogens with zero attached hydrogens (tertiary/aromatic N) is 1. The van der Waals surface area contributed by atoms with Crippen LogP contribution in [0.4, 0.5) is 13.2 Å². The lowest BCUT2D eigenvalue weighted by Gasteiger charge is -2.45. The first kappa shape index (κ1) is 20.1. The normalized spacial score (nSPS) is 25.8. The van der Waals surface area contributed by atoms with Crippen molar-refractivity contribution in [2.24, 2.45) is 11.7 Å². The van der Waals surface area contributed by atoms with Crippen LogP contribution in [0.5, 0.6) is 5.75 Å². The van der Waals surface area contributed by atoms with Crippen molar-refractivity contribution in [3.63, 3.8) is 0 Å². The van der Waals surface area contributed by atoms with E-state index in [1.807, 2.05) is 0 Å². The van der Waals surface area contributed by atoms with Crippen LogP contribution in [0.1, 0.15) is 29.8 Å². The van der Waals surface area contributed by atoms with Crippen LogP contribution in [0.25, 0.3) is 0 Å². The molecule has 5 nitrogen and oxygen atoms in total. The highest BCUT2D eigenvalue weighted by Gasteiger charge is 2.57. The van der Waals surface area contributed by atoms with Crippen molar-refractivity contribution >= 4 is 17.7 Å². The van der Waals surface area contributed by atoms with Crippen molar-refractivity contribution in [3.8, 4) is 5.75 Å². The van der Waals surface area contributed by atoms with Gasteiger partial charge in [-0.15, -0.1) is 11.8 Å². The average molecular weight is 423 g/mol. The number of fused-ring (bicyclic) bond motifs is 2. The van der Waals surface area contributed by atoms with Crippen molar-refractivity contribution in [3.05, 3.63) is 65.0 Å². The van der Waals surface area contributed by atoms with Crippen molar-refractivity contribution in [2.45, 2.75) is 23.6 Å². The number of nitrogens with two attached hydrogens (primary N) is 1. The Labute approximate surface area is 170 Å². The largest absolute Gasteiger partial charge is 0.493 e. The summed E-state index contributed by atoms with van der Waals surface area (Å²) in [6.45, 7) is 1.95. The Bertz CT molecular complexity index is 961. The van der Waals surface area contributed by atoms with Crippen molar-refractivity contribution in [2.75, 3.05) is 13.2 Å². The molecule has 4 rings (SSSR count). The van der Waals surface area contributed by atoms with Gasteiger partial charge in [0.1, 0.15) is 33.4 Å². The minimum Gasteiger partial charge on any atom is -0.493 e. The maximum absolute atomic E-state index is 14.5. The van der Waals surface area contributed by atoms with Crippen molar-refractivity contribution in [1.82, 2.24) is 10.4 Å². The standard InChI is InChI=1S/C20H20F3N3O2S/c1-11(27)26-20(29-19(25-26)15-8-13(21)2-4-17(15)23)12(6-7-24)10-28-18-5-3-14(22)9-16(18)20/h2-5,8-9,12,19,25H,6-7,10,24H2,1H3/t12-,19?,20+/m0/s1. The number of carbonyl (C=O) groups excluding carboxylic acids is 1. The molecular weight excluding hydrogens is 403 g/mol. The van der Waals surface area contributed by atoms with Gasteiger partial charge in [-0.05, 0) is 49.4 Å². The number of hydrazine groups is 1. The maximum Gasteiger partial charge on any atom is 0.235 e. The van der Waals surface area contributed by atoms with Crippen LogP contribution in [-0.2, 0) is 9.67 Å². The minimum atomic E-state index is -1.08. The summed E-state index contributed by atoms with van der Waals surface area (Å²) in [6.07, 6.45) is 0.493. The SMILES string of the molecule is CC(=O)N1NC(c2cc(F)ccc2F)S[C@]12c1cc(F)ccc1OC[C@@H]2CCN. The molecular formula is C20H20F3N3O2S. The molecule has 0 saturated carbocycles. The second-order valence-electron chi connectivity index (χ2n) is 7.07. The summed E-state index contributed by atoms with van der Waals surface area (Å²) in [6, 6.07) is 7.30. The predicted octanol–water partition coefficient (Wildman–Crippen LogP) is 3.41. The van der Waals surface area contributed by atoms with Gasteiger partial charge in [0.2, 0.25) is 5.91 Å². The van der Waals surface area contributed by atoms with Gasteiger partial charge in [-0.3, -0.25) is 9.80 Å². The van der Waals surface area contributed by atoms with Crippen molar-refractivity contribution < 1.29 is 22.7 Å². The molecule has 0 radical (unpaired) electrons. The highest BCUT2D eigenvalue weighted by Crippen LogP contribution is 2.60. The quantitative estimate of drug-likeness (QED) is 0.792. The second kappa shape index (κ2) is 7.55. The number of carbonyl (C=O) groups is 1. The Balaban J connectivity index is 1.89. The molecule has 2 aromatic rings. The van der Waals surface area contributed by atoms with Gasteiger partial charge >= 0.3 is 0 Å². The molecule has 0 aromatic heterocycles. The third-order valence-electron chi connectivity index (χ3n) is 5.27. The maximum atomic E-state index is 14.5. The summed E-state index contributed by atoms with van der Waals surface area (Å²) >= 11 is 1.23. The van der Waals surface area contributed by atoms with Crippen LogP contribution in [0.15, 0.2) is 36.4 Å². The fourth-order valence-electron chi connectivity index (χ4n) is 4.02. The summed E-state index contributed by atoms with van der Waals surface area (Å²) in [4.78, 5) is 11.5. The molecule has 2 aliphatic heterocycles. The minimum absolute atomic E-state index is 0.0778. The van der Waals surface area contributed by atoms with Crippen LogP contribution in [-0.4, -0.2) is 24.1 Å². The number of hydrogen-bond donors (Lipinski definition) is 2. The van der Waals surface area contributed by atoms with Gasteiger partial charge in [0.15, 0.2) is 0 Å². The third kappa shape index (κ3) is 3.27. The van der Waals surface area contributed by atoms with Gasteiger partial charge in [-0.2, -0.15) is 0 Å². The summed E-state index contributed by atoms with van der Waals surface area (Å²) in [7, 11) is 0. The zero-order valence-electron chi connectivity index (χ0n) is 15.6. The van der Waals surface area contributed by atoms with E-state index < -0.39 is 27.7 Å². The molecule has 1 unspecified atom stereocenters. The third-order valence-corrected chi connectivity index (χ3v) is 6.96. The molecule has 1 fully saturated rings. The van der Waals surface area contributed by atoms with E-state index in [1.165, 1.54) is 41.9 Å². The lowest BCUT2D eigenvalue weighted by atomic mass is 9.86. The van der Waals surface area contributed by atoms with Crippen LogP contribution >= 0.6 is 11.8 Å². The van der Waals surface area contributed by atoms with Gasteiger partial charge in [0.05, 0.1) is 6.61 Å². The Morgan fingerprint density at radius 2 is 2.00 bits per heavy atom. The van der Waals surface area contributed by atoms with E-state index in [1.54, 1.807) is 0 Å². The molecule has 0 aliphatic carbocycles. The molecule has 2 heterocycles. The summed E-state index contributed by atoms with van der Waals surface area (Å²) in [5.74, 6) is -1.85. The molecule has 9 heteroatoms. The van der Waals surface area contributed by atoms with E-state index in [0.717, 1.165) is 18.2 Å². The number of amides is 1. The zero-order valence-corrected chi connectivity index (χ0v) is 16.4. The van der Waals surface area contributed by atoms with E-state index in [4.69, 9.17) is 10.5 Å². The molecule has 0 bridgehead atoms. The molecule has 2 aliphatic rings. The van der Waals surface area contributed by atoms with Crippen molar-refractivity contribution in [1.29, 1.82) is 0 Å². The molecule has 1 amide bonds. The first-order chi connectivity index (χ1) is 13.9. The molecule has 2 aromatic carbocycles. The smallest absolute Gasteiger partial charge is 0.235 e. The number of ether oxygens (including phenoxy) is 1. The van der Waals surface area contributed by atoms with E-state index in [-0.39, 0.29) is 24.0 Å². The van der Waals surface area contributed by atoms with Gasteiger partial charge in [0.25, 0.3) is 0 Å². The topological polar surface area (TPSA) is 67.6 Å². The Morgan fingerprint density at radius 3 is 2.72 bits per heavy atom. The number of thioether (sulfide) groups is 1. The Kier molecular flexibility index (Phi) is 5.22. The second-order valence-corrected chi connectivity index (χ2v) is 8.40. The molecule has 1 saturated heterocycles. The number of rotatable bonds is 3. The molecule has 29 heavy (non-hydrogen) atoms. The monoisotopic (exact) mass is 423 g/mol. The Morgan fingerprint density at radius 1 is 1.28 bits per heavy atom. The van der Waals surface area contributed by atoms with E-state index in [2.05, 4.69) is 5.43 Å². The first-order valence-corrected chi connectivity index (χ1v) is 10.1. The zero-order chi connectivity index (χ0) is 20.8. The number of nitrogens with one attached hydrogen (secondary N) is 1. The number of halogens is 3. The highest BCUT2D eigenvalue weighted by molar-refractivity contribution is 8.00. The fraction of sp³-hybridized carbons (Fsp3) is 0.350. The predicted molar refractivity (Wildman–Crippen MR) is 103 cm³/mol. The van der Waals surface area contributed by atoms with E-state index >= 15 is 0 Å². The van der Waals surface area contributed by atoms with Crippen LogP contribution in [0, 0.1) is 23.4 Å². The summed E-state index contributed by atoms with van der Waals surface area (Å²) < 4.78 is 48.3. The summed E-state index contributed by atoms with van der Waals surface area (Å²) in [5, 5.41) is 0.623. The molecule has 3 atom stereocenters. The van der Waals surface area contributed by atoms with Gasteiger partial charge in [0, 0.05) is 24.0 Å². The van der Waals surface area contributed by atoms with E-state index in [9.17, 15) is 18.0 Å².